The molecule has 0 saturated carbocycles. The predicted octanol–water partition coefficient (Wildman–Crippen LogP) is 1.48. The molecule has 2 aromatic rings. The Labute approximate surface area is 108 Å². The van der Waals surface area contributed by atoms with E-state index in [1.54, 1.807) is 0 Å². The molecule has 0 aliphatic carbocycles. The van der Waals surface area contributed by atoms with E-state index < -0.39 is 5.60 Å². The van der Waals surface area contributed by atoms with Crippen LogP contribution in [-0.4, -0.2) is 33.3 Å². The zero-order valence-corrected chi connectivity index (χ0v) is 11.3. The van der Waals surface area contributed by atoms with E-state index in [9.17, 15) is 5.11 Å². The van der Waals surface area contributed by atoms with Gasteiger partial charge in [0.25, 0.3) is 0 Å². The fourth-order valence-corrected chi connectivity index (χ4v) is 2.15. The highest BCUT2D eigenvalue weighted by atomic mass is 16.3. The van der Waals surface area contributed by atoms with Crippen molar-refractivity contribution in [2.75, 3.05) is 13.1 Å². The Bertz CT molecular complexity index is 531. The minimum atomic E-state index is -0.773. The number of fused-ring (bicyclic) bond motifs is 1. The number of aryl methyl sites for hydroxylation is 1. The maximum atomic E-state index is 10.3. The zero-order valence-electron chi connectivity index (χ0n) is 11.3. The average Bonchev–Trinajstić information content (AvgIpc) is 2.64. The van der Waals surface area contributed by atoms with Crippen LogP contribution in [0.5, 0.6) is 0 Å². The van der Waals surface area contributed by atoms with Crippen LogP contribution in [0.2, 0.25) is 0 Å². The summed E-state index contributed by atoms with van der Waals surface area (Å²) in [6.45, 7) is 5.31. The highest BCUT2D eigenvalue weighted by molar-refractivity contribution is 5.75. The van der Waals surface area contributed by atoms with Gasteiger partial charge in [-0.15, -0.1) is 0 Å². The molecule has 0 radical (unpaired) electrons. The molecule has 0 spiro atoms. The normalized spacial score (nSPS) is 14.9. The van der Waals surface area contributed by atoms with Crippen LogP contribution in [0.1, 0.15) is 19.7 Å². The van der Waals surface area contributed by atoms with E-state index in [0.29, 0.717) is 13.0 Å². The summed E-state index contributed by atoms with van der Waals surface area (Å²) in [4.78, 5) is 4.58. The molecule has 4 nitrogen and oxygen atoms in total. The van der Waals surface area contributed by atoms with Gasteiger partial charge in [0.15, 0.2) is 0 Å². The summed E-state index contributed by atoms with van der Waals surface area (Å²) in [5.74, 6) is 0.916. The van der Waals surface area contributed by atoms with Crippen molar-refractivity contribution in [3.05, 3.63) is 30.1 Å². The van der Waals surface area contributed by atoms with Gasteiger partial charge >= 0.3 is 0 Å². The van der Waals surface area contributed by atoms with Crippen LogP contribution in [0.3, 0.4) is 0 Å². The van der Waals surface area contributed by atoms with Gasteiger partial charge in [0.2, 0.25) is 0 Å². The van der Waals surface area contributed by atoms with E-state index in [1.807, 2.05) is 45.2 Å². The molecule has 0 bridgehead atoms. The number of hydrogen-bond donors (Lipinski definition) is 2. The fourth-order valence-electron chi connectivity index (χ4n) is 2.15. The van der Waals surface area contributed by atoms with Crippen molar-refractivity contribution in [1.82, 2.24) is 14.9 Å². The lowest BCUT2D eigenvalue weighted by atomic mass is 10.0. The van der Waals surface area contributed by atoms with E-state index in [4.69, 9.17) is 0 Å². The molecule has 1 aromatic heterocycles. The number of nitrogens with zero attached hydrogens (tertiary/aromatic N) is 2. The molecule has 2 N–H and O–H groups in total. The Morgan fingerprint density at radius 3 is 2.78 bits per heavy atom. The number of aliphatic hydroxyl groups is 1. The number of rotatable bonds is 5. The van der Waals surface area contributed by atoms with E-state index in [-0.39, 0.29) is 0 Å². The van der Waals surface area contributed by atoms with E-state index in [0.717, 1.165) is 23.4 Å². The third-order valence-electron chi connectivity index (χ3n) is 3.17. The quantitative estimate of drug-likeness (QED) is 0.841. The van der Waals surface area contributed by atoms with Crippen LogP contribution in [0.4, 0.5) is 0 Å². The van der Waals surface area contributed by atoms with Crippen molar-refractivity contribution in [3.63, 3.8) is 0 Å². The molecular weight excluding hydrogens is 226 g/mol. The van der Waals surface area contributed by atoms with Gasteiger partial charge in [-0.3, -0.25) is 0 Å². The minimum absolute atomic E-state index is 0.547. The van der Waals surface area contributed by atoms with Gasteiger partial charge in [0, 0.05) is 20.0 Å². The molecule has 4 heteroatoms. The molecule has 1 unspecified atom stereocenters. The molecule has 2 rings (SSSR count). The minimum Gasteiger partial charge on any atom is -0.388 e. The van der Waals surface area contributed by atoms with Gasteiger partial charge in [0.1, 0.15) is 5.82 Å². The van der Waals surface area contributed by atoms with Gasteiger partial charge in [0.05, 0.1) is 16.6 Å². The van der Waals surface area contributed by atoms with Gasteiger partial charge in [-0.25, -0.2) is 4.98 Å². The number of imidazole rings is 1. The Morgan fingerprint density at radius 2 is 2.11 bits per heavy atom. The van der Waals surface area contributed by atoms with Gasteiger partial charge in [-0.2, -0.15) is 0 Å². The molecule has 0 aliphatic rings. The third kappa shape index (κ3) is 2.71. The van der Waals surface area contributed by atoms with Crippen molar-refractivity contribution in [1.29, 1.82) is 0 Å². The smallest absolute Gasteiger partial charge is 0.112 e. The second-order valence-electron chi connectivity index (χ2n) is 5.03. The predicted molar refractivity (Wildman–Crippen MR) is 73.6 cm³/mol. The first kappa shape index (κ1) is 13.1. The monoisotopic (exact) mass is 247 g/mol. The van der Waals surface area contributed by atoms with Crippen molar-refractivity contribution in [3.8, 4) is 0 Å². The molecule has 18 heavy (non-hydrogen) atoms. The van der Waals surface area contributed by atoms with Crippen molar-refractivity contribution < 1.29 is 5.11 Å². The molecule has 1 heterocycles. The number of hydrogen-bond acceptors (Lipinski definition) is 3. The zero-order chi connectivity index (χ0) is 13.2. The first-order chi connectivity index (χ1) is 8.53. The third-order valence-corrected chi connectivity index (χ3v) is 3.17. The summed E-state index contributed by atoms with van der Waals surface area (Å²) in [6.07, 6.45) is 0.547. The van der Waals surface area contributed by atoms with Crippen LogP contribution in [0.15, 0.2) is 24.3 Å². The van der Waals surface area contributed by atoms with Crippen LogP contribution in [-0.2, 0) is 13.5 Å². The molecule has 1 aromatic carbocycles. The molecule has 0 saturated heterocycles. The van der Waals surface area contributed by atoms with E-state index in [2.05, 4.69) is 14.9 Å². The molecular formula is C14H21N3O. The lowest BCUT2D eigenvalue weighted by Crippen LogP contribution is -2.40. The van der Waals surface area contributed by atoms with Crippen LogP contribution < -0.4 is 5.32 Å². The molecule has 0 aliphatic heterocycles. The Morgan fingerprint density at radius 1 is 1.39 bits per heavy atom. The largest absolute Gasteiger partial charge is 0.388 e. The molecule has 0 fully saturated rings. The molecule has 1 atom stereocenters. The lowest BCUT2D eigenvalue weighted by Gasteiger charge is -2.23. The van der Waals surface area contributed by atoms with Crippen LogP contribution >= 0.6 is 0 Å². The van der Waals surface area contributed by atoms with Crippen molar-refractivity contribution in [2.24, 2.45) is 7.05 Å². The van der Waals surface area contributed by atoms with Gasteiger partial charge in [-0.05, 0) is 25.6 Å². The Balaban J connectivity index is 2.23. The van der Waals surface area contributed by atoms with Crippen LogP contribution in [0.25, 0.3) is 11.0 Å². The SMILES string of the molecule is CCNCC(C)(O)Cc1nc2ccccc2n1C. The fraction of sp³-hybridized carbons (Fsp3) is 0.500. The Hall–Kier alpha value is -1.39. The molecule has 98 valence electrons. The van der Waals surface area contributed by atoms with Crippen molar-refractivity contribution in [2.45, 2.75) is 25.9 Å². The maximum Gasteiger partial charge on any atom is 0.112 e. The highest BCUT2D eigenvalue weighted by Gasteiger charge is 2.23. The van der Waals surface area contributed by atoms with Gasteiger partial charge in [-0.1, -0.05) is 19.1 Å². The number of para-hydroxylation sites is 2. The highest BCUT2D eigenvalue weighted by Crippen LogP contribution is 2.18. The Kier molecular flexibility index (Phi) is 3.68. The van der Waals surface area contributed by atoms with Gasteiger partial charge < -0.3 is 15.0 Å². The summed E-state index contributed by atoms with van der Waals surface area (Å²) in [5.41, 5.74) is 1.31. The summed E-state index contributed by atoms with van der Waals surface area (Å²) >= 11 is 0. The molecule has 0 amide bonds. The topological polar surface area (TPSA) is 50.1 Å². The van der Waals surface area contributed by atoms with Crippen molar-refractivity contribution >= 4 is 11.0 Å². The summed E-state index contributed by atoms with van der Waals surface area (Å²) < 4.78 is 2.05. The lowest BCUT2D eigenvalue weighted by molar-refractivity contribution is 0.0581. The first-order valence-corrected chi connectivity index (χ1v) is 6.37. The van der Waals surface area contributed by atoms with Crippen LogP contribution in [0, 0.1) is 0 Å². The average molecular weight is 247 g/mol. The summed E-state index contributed by atoms with van der Waals surface area (Å²) in [5, 5.41) is 13.5. The second kappa shape index (κ2) is 5.08. The standard InChI is InChI=1S/C14H21N3O/c1-4-15-10-14(2,18)9-13-16-11-7-5-6-8-12(11)17(13)3/h5-8,15,18H,4,9-10H2,1-3H3. The maximum absolute atomic E-state index is 10.3. The number of benzene rings is 1. The number of likely N-dealkylation sites (N-methyl/N-ethyl adjacent to an activating group) is 1. The van der Waals surface area contributed by atoms with E-state index in [1.165, 1.54) is 0 Å². The summed E-state index contributed by atoms with van der Waals surface area (Å²) in [7, 11) is 1.99. The number of nitrogens with one attached hydrogen (secondary N) is 1. The summed E-state index contributed by atoms with van der Waals surface area (Å²) in [6, 6.07) is 8.03. The van der Waals surface area contributed by atoms with E-state index >= 15 is 0 Å². The second-order valence-corrected chi connectivity index (χ2v) is 5.03. The first-order valence-electron chi connectivity index (χ1n) is 6.37. The number of aromatic nitrogens is 2.